The van der Waals surface area contributed by atoms with Crippen LogP contribution in [-0.2, 0) is 6.54 Å². The van der Waals surface area contributed by atoms with Gasteiger partial charge in [0.25, 0.3) is 0 Å². The SMILES string of the molecule is CN(Cc1cccc(C#N)c1)c1ccc(F)cn1. The Labute approximate surface area is 105 Å². The van der Waals surface area contributed by atoms with Crippen molar-refractivity contribution in [3.8, 4) is 6.07 Å². The van der Waals surface area contributed by atoms with Crippen LogP contribution in [0.25, 0.3) is 0 Å². The molecule has 18 heavy (non-hydrogen) atoms. The molecule has 0 aliphatic carbocycles. The van der Waals surface area contributed by atoms with E-state index in [9.17, 15) is 4.39 Å². The molecule has 1 heterocycles. The van der Waals surface area contributed by atoms with Gasteiger partial charge in [-0.3, -0.25) is 0 Å². The maximum atomic E-state index is 12.8. The molecule has 0 N–H and O–H groups in total. The molecule has 0 saturated heterocycles. The Bertz CT molecular complexity index is 572. The number of pyridine rings is 1. The molecule has 4 heteroatoms. The number of benzene rings is 1. The summed E-state index contributed by atoms with van der Waals surface area (Å²) >= 11 is 0. The van der Waals surface area contributed by atoms with Crippen molar-refractivity contribution in [1.29, 1.82) is 5.26 Å². The predicted octanol–water partition coefficient (Wildman–Crippen LogP) is 2.73. The molecule has 0 atom stereocenters. The van der Waals surface area contributed by atoms with Gasteiger partial charge < -0.3 is 4.90 Å². The first kappa shape index (κ1) is 12.1. The fraction of sp³-hybridized carbons (Fsp3) is 0.143. The summed E-state index contributed by atoms with van der Waals surface area (Å²) in [5.41, 5.74) is 1.65. The quantitative estimate of drug-likeness (QED) is 0.829. The molecule has 0 unspecified atom stereocenters. The fourth-order valence-corrected chi connectivity index (χ4v) is 1.69. The van der Waals surface area contributed by atoms with Crippen LogP contribution in [-0.4, -0.2) is 12.0 Å². The van der Waals surface area contributed by atoms with E-state index in [1.807, 2.05) is 30.1 Å². The van der Waals surface area contributed by atoms with E-state index in [2.05, 4.69) is 11.1 Å². The Hall–Kier alpha value is -2.41. The van der Waals surface area contributed by atoms with Crippen LogP contribution in [0.5, 0.6) is 0 Å². The lowest BCUT2D eigenvalue weighted by Gasteiger charge is -2.18. The van der Waals surface area contributed by atoms with Crippen LogP contribution >= 0.6 is 0 Å². The molecule has 0 bridgehead atoms. The summed E-state index contributed by atoms with van der Waals surface area (Å²) in [6, 6.07) is 12.5. The van der Waals surface area contributed by atoms with Crippen molar-refractivity contribution in [3.63, 3.8) is 0 Å². The van der Waals surface area contributed by atoms with Gasteiger partial charge in [-0.15, -0.1) is 0 Å². The zero-order chi connectivity index (χ0) is 13.0. The number of hydrogen-bond donors (Lipinski definition) is 0. The van der Waals surface area contributed by atoms with Gasteiger partial charge in [0.2, 0.25) is 0 Å². The average molecular weight is 241 g/mol. The lowest BCUT2D eigenvalue weighted by atomic mass is 10.1. The molecule has 0 radical (unpaired) electrons. The van der Waals surface area contributed by atoms with E-state index in [4.69, 9.17) is 5.26 Å². The smallest absolute Gasteiger partial charge is 0.141 e. The van der Waals surface area contributed by atoms with E-state index in [1.54, 1.807) is 12.1 Å². The van der Waals surface area contributed by atoms with Crippen molar-refractivity contribution >= 4 is 5.82 Å². The summed E-state index contributed by atoms with van der Waals surface area (Å²) in [6.45, 7) is 0.619. The first-order chi connectivity index (χ1) is 8.69. The summed E-state index contributed by atoms with van der Waals surface area (Å²) in [7, 11) is 1.87. The van der Waals surface area contributed by atoms with Crippen molar-refractivity contribution in [1.82, 2.24) is 4.98 Å². The lowest BCUT2D eigenvalue weighted by Crippen LogP contribution is -2.17. The van der Waals surface area contributed by atoms with Crippen molar-refractivity contribution in [2.75, 3.05) is 11.9 Å². The molecule has 1 aromatic carbocycles. The van der Waals surface area contributed by atoms with Gasteiger partial charge in [-0.25, -0.2) is 9.37 Å². The van der Waals surface area contributed by atoms with Crippen LogP contribution in [0, 0.1) is 17.1 Å². The van der Waals surface area contributed by atoms with Crippen LogP contribution < -0.4 is 4.90 Å². The zero-order valence-corrected chi connectivity index (χ0v) is 9.97. The van der Waals surface area contributed by atoms with E-state index in [0.717, 1.165) is 5.56 Å². The van der Waals surface area contributed by atoms with E-state index in [-0.39, 0.29) is 5.82 Å². The Morgan fingerprint density at radius 3 is 2.83 bits per heavy atom. The molecule has 0 spiro atoms. The number of anilines is 1. The Morgan fingerprint density at radius 2 is 2.17 bits per heavy atom. The van der Waals surface area contributed by atoms with Gasteiger partial charge in [0.05, 0.1) is 17.8 Å². The molecule has 0 aliphatic heterocycles. The summed E-state index contributed by atoms with van der Waals surface area (Å²) in [4.78, 5) is 5.90. The summed E-state index contributed by atoms with van der Waals surface area (Å²) in [5.74, 6) is 0.345. The summed E-state index contributed by atoms with van der Waals surface area (Å²) in [5, 5.41) is 8.83. The normalized spacial score (nSPS) is 9.83. The van der Waals surface area contributed by atoms with Crippen molar-refractivity contribution < 1.29 is 4.39 Å². The third-order valence-electron chi connectivity index (χ3n) is 2.58. The maximum absolute atomic E-state index is 12.8. The topological polar surface area (TPSA) is 39.9 Å². The molecule has 2 rings (SSSR count). The third kappa shape index (κ3) is 2.83. The standard InChI is InChI=1S/C14H12FN3/c1-18(14-6-5-13(15)9-17-14)10-12-4-2-3-11(7-12)8-16/h2-7,9H,10H2,1H3. The number of nitrogens with zero attached hydrogens (tertiary/aromatic N) is 3. The average Bonchev–Trinajstić information content (AvgIpc) is 2.39. The fourth-order valence-electron chi connectivity index (χ4n) is 1.69. The molecule has 90 valence electrons. The largest absolute Gasteiger partial charge is 0.355 e. The highest BCUT2D eigenvalue weighted by Crippen LogP contribution is 2.13. The van der Waals surface area contributed by atoms with Crippen LogP contribution in [0.1, 0.15) is 11.1 Å². The minimum atomic E-state index is -0.348. The van der Waals surface area contributed by atoms with E-state index in [0.29, 0.717) is 17.9 Å². The zero-order valence-electron chi connectivity index (χ0n) is 9.97. The Kier molecular flexibility index (Phi) is 3.54. The number of aromatic nitrogens is 1. The van der Waals surface area contributed by atoms with Gasteiger partial charge in [-0.1, -0.05) is 12.1 Å². The van der Waals surface area contributed by atoms with Crippen molar-refractivity contribution in [3.05, 3.63) is 59.5 Å². The predicted molar refractivity (Wildman–Crippen MR) is 67.5 cm³/mol. The second-order valence-electron chi connectivity index (χ2n) is 4.00. The van der Waals surface area contributed by atoms with Gasteiger partial charge in [0, 0.05) is 13.6 Å². The highest BCUT2D eigenvalue weighted by molar-refractivity contribution is 5.40. The van der Waals surface area contributed by atoms with E-state index < -0.39 is 0 Å². The van der Waals surface area contributed by atoms with Gasteiger partial charge in [-0.05, 0) is 29.8 Å². The van der Waals surface area contributed by atoms with Crippen molar-refractivity contribution in [2.45, 2.75) is 6.54 Å². The molecule has 0 saturated carbocycles. The maximum Gasteiger partial charge on any atom is 0.141 e. The van der Waals surface area contributed by atoms with E-state index >= 15 is 0 Å². The monoisotopic (exact) mass is 241 g/mol. The minimum Gasteiger partial charge on any atom is -0.355 e. The van der Waals surface area contributed by atoms with Crippen LogP contribution in [0.15, 0.2) is 42.6 Å². The van der Waals surface area contributed by atoms with Gasteiger partial charge >= 0.3 is 0 Å². The number of nitriles is 1. The molecule has 0 fully saturated rings. The van der Waals surface area contributed by atoms with E-state index in [1.165, 1.54) is 12.3 Å². The van der Waals surface area contributed by atoms with Gasteiger partial charge in [0.1, 0.15) is 11.6 Å². The van der Waals surface area contributed by atoms with Crippen LogP contribution in [0.2, 0.25) is 0 Å². The Morgan fingerprint density at radius 1 is 1.33 bits per heavy atom. The first-order valence-electron chi connectivity index (χ1n) is 5.51. The van der Waals surface area contributed by atoms with Crippen molar-refractivity contribution in [2.24, 2.45) is 0 Å². The number of halogens is 1. The molecular weight excluding hydrogens is 229 g/mol. The first-order valence-corrected chi connectivity index (χ1v) is 5.51. The molecule has 3 nitrogen and oxygen atoms in total. The third-order valence-corrected chi connectivity index (χ3v) is 2.58. The number of hydrogen-bond acceptors (Lipinski definition) is 3. The summed E-state index contributed by atoms with van der Waals surface area (Å²) in [6.07, 6.45) is 1.19. The molecule has 0 amide bonds. The van der Waals surface area contributed by atoms with Gasteiger partial charge in [0.15, 0.2) is 0 Å². The van der Waals surface area contributed by atoms with Gasteiger partial charge in [-0.2, -0.15) is 5.26 Å². The summed E-state index contributed by atoms with van der Waals surface area (Å²) < 4.78 is 12.8. The highest BCUT2D eigenvalue weighted by atomic mass is 19.1. The molecular formula is C14H12FN3. The second-order valence-corrected chi connectivity index (χ2v) is 4.00. The number of rotatable bonds is 3. The molecule has 2 aromatic rings. The van der Waals surface area contributed by atoms with Crippen LogP contribution in [0.3, 0.4) is 0 Å². The highest BCUT2D eigenvalue weighted by Gasteiger charge is 2.04. The van der Waals surface area contributed by atoms with Crippen LogP contribution in [0.4, 0.5) is 10.2 Å². The minimum absolute atomic E-state index is 0.348. The Balaban J connectivity index is 2.13. The molecule has 1 aromatic heterocycles. The molecule has 0 aliphatic rings. The second kappa shape index (κ2) is 5.28. The lowest BCUT2D eigenvalue weighted by molar-refractivity contribution is 0.621.